The molecular formula is C10H11ClF3NO. The molecule has 0 bridgehead atoms. The maximum absolute atomic E-state index is 12.4. The van der Waals surface area contributed by atoms with Crippen LogP contribution in [0.25, 0.3) is 0 Å². The first kappa shape index (κ1) is 13.3. The van der Waals surface area contributed by atoms with E-state index in [1.807, 2.05) is 0 Å². The van der Waals surface area contributed by atoms with Gasteiger partial charge in [0.15, 0.2) is 0 Å². The summed E-state index contributed by atoms with van der Waals surface area (Å²) in [5.74, 6) is 0. The first-order chi connectivity index (χ1) is 7.30. The van der Waals surface area contributed by atoms with Crippen LogP contribution in [0.2, 0.25) is 5.15 Å². The topological polar surface area (TPSA) is 33.1 Å². The third-order valence-corrected chi connectivity index (χ3v) is 2.41. The van der Waals surface area contributed by atoms with Crippen LogP contribution in [0.4, 0.5) is 13.2 Å². The number of aryl methyl sites for hydroxylation is 1. The Morgan fingerprint density at radius 3 is 2.62 bits per heavy atom. The van der Waals surface area contributed by atoms with Crippen LogP contribution in [0.5, 0.6) is 0 Å². The van der Waals surface area contributed by atoms with Crippen molar-refractivity contribution in [1.29, 1.82) is 0 Å². The smallest absolute Gasteiger partial charge is 0.393 e. The average molecular weight is 254 g/mol. The monoisotopic (exact) mass is 253 g/mol. The minimum Gasteiger partial charge on any atom is -0.393 e. The molecule has 1 rings (SSSR count). The summed E-state index contributed by atoms with van der Waals surface area (Å²) in [4.78, 5) is 3.49. The van der Waals surface area contributed by atoms with E-state index in [0.717, 1.165) is 6.07 Å². The molecule has 0 spiro atoms. The van der Waals surface area contributed by atoms with Crippen molar-refractivity contribution >= 4 is 11.6 Å². The molecular weight excluding hydrogens is 243 g/mol. The summed E-state index contributed by atoms with van der Waals surface area (Å²) in [6.45, 7) is 1.56. The first-order valence-electron chi connectivity index (χ1n) is 4.70. The Morgan fingerprint density at radius 1 is 1.50 bits per heavy atom. The van der Waals surface area contributed by atoms with Gasteiger partial charge in [0.1, 0.15) is 5.15 Å². The van der Waals surface area contributed by atoms with Gasteiger partial charge in [0.05, 0.1) is 11.7 Å². The van der Waals surface area contributed by atoms with Gasteiger partial charge in [-0.3, -0.25) is 0 Å². The van der Waals surface area contributed by atoms with Crippen molar-refractivity contribution in [3.63, 3.8) is 0 Å². The highest BCUT2D eigenvalue weighted by Crippen LogP contribution is 2.30. The average Bonchev–Trinajstić information content (AvgIpc) is 2.14. The Kier molecular flexibility index (Phi) is 4.15. The van der Waals surface area contributed by atoms with Gasteiger partial charge in [-0.2, -0.15) is 13.2 Å². The minimum absolute atomic E-state index is 0.0497. The lowest BCUT2D eigenvalue weighted by molar-refractivity contribution is -0.137. The Bertz CT molecular complexity index is 366. The van der Waals surface area contributed by atoms with Crippen molar-refractivity contribution in [3.05, 3.63) is 28.5 Å². The number of halogens is 4. The Labute approximate surface area is 96.1 Å². The maximum Gasteiger partial charge on any atom is 0.417 e. The van der Waals surface area contributed by atoms with Crippen molar-refractivity contribution in [2.24, 2.45) is 0 Å². The van der Waals surface area contributed by atoms with Crippen LogP contribution in [-0.2, 0) is 12.6 Å². The highest BCUT2D eigenvalue weighted by molar-refractivity contribution is 6.30. The standard InChI is InChI=1S/C10H11ClF3NO/c1-6(16)2-3-7-4-8(10(12,13)14)5-15-9(7)11/h4-6,16H,2-3H2,1H3. The fourth-order valence-corrected chi connectivity index (χ4v) is 1.39. The molecule has 1 N–H and O–H groups in total. The van der Waals surface area contributed by atoms with E-state index in [-0.39, 0.29) is 11.6 Å². The van der Waals surface area contributed by atoms with E-state index in [9.17, 15) is 13.2 Å². The largest absolute Gasteiger partial charge is 0.417 e. The Hall–Kier alpha value is -0.810. The van der Waals surface area contributed by atoms with Gasteiger partial charge in [-0.1, -0.05) is 11.6 Å². The molecule has 2 nitrogen and oxygen atoms in total. The zero-order valence-corrected chi connectivity index (χ0v) is 9.31. The number of aliphatic hydroxyl groups is 1. The molecule has 0 fully saturated rings. The Morgan fingerprint density at radius 2 is 2.12 bits per heavy atom. The molecule has 1 aromatic rings. The van der Waals surface area contributed by atoms with Crippen LogP contribution in [0, 0.1) is 0 Å². The third kappa shape index (κ3) is 3.64. The van der Waals surface area contributed by atoms with Gasteiger partial charge in [-0.05, 0) is 31.4 Å². The number of hydrogen-bond acceptors (Lipinski definition) is 2. The molecule has 6 heteroatoms. The van der Waals surface area contributed by atoms with Crippen LogP contribution < -0.4 is 0 Å². The second kappa shape index (κ2) is 5.01. The van der Waals surface area contributed by atoms with Gasteiger partial charge in [-0.15, -0.1) is 0 Å². The van der Waals surface area contributed by atoms with Gasteiger partial charge in [-0.25, -0.2) is 4.98 Å². The summed E-state index contributed by atoms with van der Waals surface area (Å²) in [6, 6.07) is 0.970. The highest BCUT2D eigenvalue weighted by atomic mass is 35.5. The van der Waals surface area contributed by atoms with Crippen LogP contribution in [0.15, 0.2) is 12.3 Å². The molecule has 0 aliphatic rings. The number of rotatable bonds is 3. The molecule has 0 aromatic carbocycles. The van der Waals surface area contributed by atoms with Gasteiger partial charge in [0, 0.05) is 6.20 Å². The lowest BCUT2D eigenvalue weighted by atomic mass is 10.1. The van der Waals surface area contributed by atoms with E-state index in [1.54, 1.807) is 6.92 Å². The molecule has 1 atom stereocenters. The van der Waals surface area contributed by atoms with Gasteiger partial charge < -0.3 is 5.11 Å². The fraction of sp³-hybridized carbons (Fsp3) is 0.500. The molecule has 0 aliphatic carbocycles. The predicted molar refractivity (Wildman–Crippen MR) is 54.3 cm³/mol. The zero-order valence-electron chi connectivity index (χ0n) is 8.55. The van der Waals surface area contributed by atoms with E-state index in [0.29, 0.717) is 18.2 Å². The Balaban J connectivity index is 2.91. The first-order valence-corrected chi connectivity index (χ1v) is 5.08. The molecule has 0 saturated carbocycles. The normalized spacial score (nSPS) is 13.9. The summed E-state index contributed by atoms with van der Waals surface area (Å²) >= 11 is 5.67. The van der Waals surface area contributed by atoms with Crippen LogP contribution in [-0.4, -0.2) is 16.2 Å². The zero-order chi connectivity index (χ0) is 12.3. The molecule has 0 saturated heterocycles. The van der Waals surface area contributed by atoms with Crippen LogP contribution in [0.1, 0.15) is 24.5 Å². The SMILES string of the molecule is CC(O)CCc1cc(C(F)(F)F)cnc1Cl. The summed E-state index contributed by atoms with van der Waals surface area (Å²) in [7, 11) is 0. The minimum atomic E-state index is -4.42. The maximum atomic E-state index is 12.4. The second-order valence-electron chi connectivity index (χ2n) is 3.56. The van der Waals surface area contributed by atoms with Crippen molar-refractivity contribution in [1.82, 2.24) is 4.98 Å². The summed E-state index contributed by atoms with van der Waals surface area (Å²) in [6.07, 6.45) is -3.67. The van der Waals surface area contributed by atoms with Gasteiger partial charge in [0.2, 0.25) is 0 Å². The molecule has 0 amide bonds. The summed E-state index contributed by atoms with van der Waals surface area (Å²) < 4.78 is 37.1. The number of aromatic nitrogens is 1. The molecule has 1 heterocycles. The van der Waals surface area contributed by atoms with E-state index in [1.165, 1.54) is 0 Å². The van der Waals surface area contributed by atoms with Crippen LogP contribution >= 0.6 is 11.6 Å². The summed E-state index contributed by atoms with van der Waals surface area (Å²) in [5, 5.41) is 9.10. The highest BCUT2D eigenvalue weighted by Gasteiger charge is 2.31. The molecule has 1 unspecified atom stereocenters. The lowest BCUT2D eigenvalue weighted by Crippen LogP contribution is -2.08. The van der Waals surface area contributed by atoms with Crippen molar-refractivity contribution < 1.29 is 18.3 Å². The van der Waals surface area contributed by atoms with Gasteiger partial charge in [0.25, 0.3) is 0 Å². The number of pyridine rings is 1. The number of hydrogen-bond donors (Lipinski definition) is 1. The van der Waals surface area contributed by atoms with Gasteiger partial charge >= 0.3 is 6.18 Å². The van der Waals surface area contributed by atoms with Crippen molar-refractivity contribution in [2.45, 2.75) is 32.0 Å². The van der Waals surface area contributed by atoms with E-state index in [2.05, 4.69) is 4.98 Å². The number of nitrogens with zero attached hydrogens (tertiary/aromatic N) is 1. The summed E-state index contributed by atoms with van der Waals surface area (Å²) in [5.41, 5.74) is -0.519. The second-order valence-corrected chi connectivity index (χ2v) is 3.92. The quantitative estimate of drug-likeness (QED) is 0.840. The fourth-order valence-electron chi connectivity index (χ4n) is 1.19. The number of aliphatic hydroxyl groups excluding tert-OH is 1. The van der Waals surface area contributed by atoms with E-state index < -0.39 is 17.8 Å². The van der Waals surface area contributed by atoms with Crippen molar-refractivity contribution in [2.75, 3.05) is 0 Å². The van der Waals surface area contributed by atoms with Crippen LogP contribution in [0.3, 0.4) is 0 Å². The molecule has 16 heavy (non-hydrogen) atoms. The van der Waals surface area contributed by atoms with Crippen molar-refractivity contribution in [3.8, 4) is 0 Å². The molecule has 1 aromatic heterocycles. The van der Waals surface area contributed by atoms with E-state index in [4.69, 9.17) is 16.7 Å². The van der Waals surface area contributed by atoms with E-state index >= 15 is 0 Å². The predicted octanol–water partition coefficient (Wildman–Crippen LogP) is 3.07. The number of alkyl halides is 3. The molecule has 0 aliphatic heterocycles. The molecule has 90 valence electrons. The molecule has 0 radical (unpaired) electrons. The lowest BCUT2D eigenvalue weighted by Gasteiger charge is -2.10. The third-order valence-electron chi connectivity index (χ3n) is 2.07.